The molecular formula is C24H22N2O5. The Balaban J connectivity index is 1.19. The summed E-state index contributed by atoms with van der Waals surface area (Å²) in [4.78, 5) is 28.4. The van der Waals surface area contributed by atoms with Crippen LogP contribution in [0.1, 0.15) is 5.56 Å². The maximum atomic E-state index is 13.3. The van der Waals surface area contributed by atoms with E-state index in [0.29, 0.717) is 30.3 Å². The zero-order valence-electron chi connectivity index (χ0n) is 16.8. The molecule has 1 spiro atoms. The smallest absolute Gasteiger partial charge is 0.231 e. The summed E-state index contributed by atoms with van der Waals surface area (Å²) in [6.45, 7) is 1.28. The number of nitrogens with zero attached hydrogens (tertiary/aromatic N) is 1. The van der Waals surface area contributed by atoms with Crippen molar-refractivity contribution in [1.82, 2.24) is 4.90 Å². The molecule has 2 amide bonds. The van der Waals surface area contributed by atoms with Gasteiger partial charge in [0.05, 0.1) is 24.5 Å². The zero-order valence-corrected chi connectivity index (χ0v) is 16.8. The highest BCUT2D eigenvalue weighted by atomic mass is 16.7. The van der Waals surface area contributed by atoms with Gasteiger partial charge in [0.25, 0.3) is 0 Å². The second-order valence-electron chi connectivity index (χ2n) is 8.45. The second-order valence-corrected chi connectivity index (χ2v) is 8.45. The number of carbonyl (C=O) groups is 2. The predicted molar refractivity (Wildman–Crippen MR) is 112 cm³/mol. The lowest BCUT2D eigenvalue weighted by atomic mass is 9.77. The largest absolute Gasteiger partial charge is 0.454 e. The SMILES string of the molecule is O=C(Nc1ccc2c(c1)OCO2)[C@@H]1[C@H]2C(=O)N(CCc3ccccc3)C[C@]23C=C[C@H]1O3. The molecule has 7 nitrogen and oxygen atoms in total. The highest BCUT2D eigenvalue weighted by molar-refractivity contribution is 5.99. The van der Waals surface area contributed by atoms with E-state index in [1.807, 2.05) is 35.3 Å². The molecule has 7 heteroatoms. The Kier molecular flexibility index (Phi) is 4.08. The molecule has 4 aliphatic heterocycles. The van der Waals surface area contributed by atoms with Crippen LogP contribution in [0.2, 0.25) is 0 Å². The lowest BCUT2D eigenvalue weighted by Gasteiger charge is -2.23. The van der Waals surface area contributed by atoms with Crippen molar-refractivity contribution >= 4 is 17.5 Å². The van der Waals surface area contributed by atoms with Crippen LogP contribution in [0.25, 0.3) is 0 Å². The van der Waals surface area contributed by atoms with Crippen molar-refractivity contribution in [1.29, 1.82) is 0 Å². The molecule has 4 atom stereocenters. The summed E-state index contributed by atoms with van der Waals surface area (Å²) in [5.41, 5.74) is 1.10. The Bertz CT molecular complexity index is 1080. The summed E-state index contributed by atoms with van der Waals surface area (Å²) < 4.78 is 16.9. The minimum absolute atomic E-state index is 0.00591. The van der Waals surface area contributed by atoms with E-state index in [4.69, 9.17) is 14.2 Å². The Morgan fingerprint density at radius 1 is 1.13 bits per heavy atom. The van der Waals surface area contributed by atoms with E-state index in [1.165, 1.54) is 5.56 Å². The zero-order chi connectivity index (χ0) is 21.0. The van der Waals surface area contributed by atoms with E-state index in [1.54, 1.807) is 18.2 Å². The Morgan fingerprint density at radius 3 is 2.84 bits per heavy atom. The third kappa shape index (κ3) is 2.91. The monoisotopic (exact) mass is 418 g/mol. The van der Waals surface area contributed by atoms with Crippen molar-refractivity contribution in [3.8, 4) is 11.5 Å². The molecule has 2 saturated heterocycles. The molecule has 2 fully saturated rings. The van der Waals surface area contributed by atoms with E-state index >= 15 is 0 Å². The van der Waals surface area contributed by atoms with Gasteiger partial charge in [0, 0.05) is 18.3 Å². The molecule has 4 aliphatic rings. The lowest BCUT2D eigenvalue weighted by molar-refractivity contribution is -0.135. The minimum Gasteiger partial charge on any atom is -0.454 e. The summed E-state index contributed by atoms with van der Waals surface area (Å²) in [5, 5.41) is 2.94. The molecule has 4 heterocycles. The molecule has 0 unspecified atom stereocenters. The van der Waals surface area contributed by atoms with Gasteiger partial charge in [0.2, 0.25) is 18.6 Å². The molecular weight excluding hydrogens is 396 g/mol. The van der Waals surface area contributed by atoms with E-state index in [-0.39, 0.29) is 24.7 Å². The van der Waals surface area contributed by atoms with Crippen molar-refractivity contribution in [3.63, 3.8) is 0 Å². The Labute approximate surface area is 179 Å². The van der Waals surface area contributed by atoms with Gasteiger partial charge in [-0.15, -0.1) is 0 Å². The highest BCUT2D eigenvalue weighted by Crippen LogP contribution is 2.52. The number of anilines is 1. The van der Waals surface area contributed by atoms with Gasteiger partial charge in [-0.25, -0.2) is 0 Å². The number of amides is 2. The lowest BCUT2D eigenvalue weighted by Crippen LogP contribution is -2.41. The molecule has 0 radical (unpaired) electrons. The molecule has 0 saturated carbocycles. The first-order valence-corrected chi connectivity index (χ1v) is 10.5. The molecule has 158 valence electrons. The normalized spacial score (nSPS) is 29.5. The van der Waals surface area contributed by atoms with Gasteiger partial charge in [0.15, 0.2) is 11.5 Å². The highest BCUT2D eigenvalue weighted by Gasteiger charge is 2.66. The fourth-order valence-electron chi connectivity index (χ4n) is 5.18. The Morgan fingerprint density at radius 2 is 1.97 bits per heavy atom. The quantitative estimate of drug-likeness (QED) is 0.755. The number of rotatable bonds is 5. The predicted octanol–water partition coefficient (Wildman–Crippen LogP) is 2.38. The van der Waals surface area contributed by atoms with Crippen LogP contribution in [0.15, 0.2) is 60.7 Å². The van der Waals surface area contributed by atoms with Crippen LogP contribution in [0.5, 0.6) is 11.5 Å². The Hall–Kier alpha value is -3.32. The van der Waals surface area contributed by atoms with Crippen LogP contribution in [0.4, 0.5) is 5.69 Å². The first-order chi connectivity index (χ1) is 15.1. The fourth-order valence-corrected chi connectivity index (χ4v) is 5.18. The minimum atomic E-state index is -0.699. The van der Waals surface area contributed by atoms with Crippen LogP contribution >= 0.6 is 0 Å². The van der Waals surface area contributed by atoms with E-state index in [9.17, 15) is 9.59 Å². The molecule has 2 aromatic rings. The van der Waals surface area contributed by atoms with Gasteiger partial charge < -0.3 is 24.4 Å². The third-order valence-corrected chi connectivity index (χ3v) is 6.63. The van der Waals surface area contributed by atoms with Crippen molar-refractivity contribution in [2.24, 2.45) is 11.8 Å². The van der Waals surface area contributed by atoms with Crippen molar-refractivity contribution in [2.45, 2.75) is 18.1 Å². The molecule has 0 aliphatic carbocycles. The van der Waals surface area contributed by atoms with Crippen LogP contribution < -0.4 is 14.8 Å². The van der Waals surface area contributed by atoms with Crippen molar-refractivity contribution in [3.05, 3.63) is 66.2 Å². The van der Waals surface area contributed by atoms with E-state index < -0.39 is 17.4 Å². The third-order valence-electron chi connectivity index (χ3n) is 6.63. The van der Waals surface area contributed by atoms with E-state index in [0.717, 1.165) is 6.42 Å². The van der Waals surface area contributed by atoms with Crippen LogP contribution in [0, 0.1) is 11.8 Å². The van der Waals surface area contributed by atoms with Crippen LogP contribution in [-0.4, -0.2) is 48.3 Å². The maximum Gasteiger partial charge on any atom is 0.231 e. The number of fused-ring (bicyclic) bond motifs is 2. The van der Waals surface area contributed by atoms with Crippen molar-refractivity contribution < 1.29 is 23.8 Å². The average Bonchev–Trinajstić information content (AvgIpc) is 3.53. The first kappa shape index (κ1) is 18.4. The summed E-state index contributed by atoms with van der Waals surface area (Å²) >= 11 is 0. The second kappa shape index (κ2) is 6.85. The molecule has 6 rings (SSSR count). The van der Waals surface area contributed by atoms with Crippen molar-refractivity contribution in [2.75, 3.05) is 25.2 Å². The number of likely N-dealkylation sites (tertiary alicyclic amines) is 1. The number of hydrogen-bond donors (Lipinski definition) is 1. The summed E-state index contributed by atoms with van der Waals surface area (Å²) in [6, 6.07) is 15.4. The summed E-state index contributed by atoms with van der Waals surface area (Å²) in [7, 11) is 0. The van der Waals surface area contributed by atoms with Gasteiger partial charge in [0.1, 0.15) is 5.60 Å². The van der Waals surface area contributed by atoms with Gasteiger partial charge in [-0.3, -0.25) is 9.59 Å². The van der Waals surface area contributed by atoms with Gasteiger partial charge in [-0.2, -0.15) is 0 Å². The average molecular weight is 418 g/mol. The van der Waals surface area contributed by atoms with E-state index in [2.05, 4.69) is 17.4 Å². The molecule has 2 bridgehead atoms. The molecule has 31 heavy (non-hydrogen) atoms. The first-order valence-electron chi connectivity index (χ1n) is 10.5. The number of ether oxygens (including phenoxy) is 3. The fraction of sp³-hybridized carbons (Fsp3) is 0.333. The standard InChI is InChI=1S/C24H22N2O5/c27-22(25-16-6-7-17-19(12-16)30-14-29-17)20-18-8-10-24(31-18)13-26(23(28)21(20)24)11-9-15-4-2-1-3-5-15/h1-8,10,12,18,20-21H,9,11,13-14H2,(H,25,27)/t18-,20+,21+,24-/m1/s1. The van der Waals surface area contributed by atoms with Gasteiger partial charge in [-0.05, 0) is 24.1 Å². The van der Waals surface area contributed by atoms with Gasteiger partial charge in [-0.1, -0.05) is 42.5 Å². The van der Waals surface area contributed by atoms with Crippen LogP contribution in [0.3, 0.4) is 0 Å². The summed E-state index contributed by atoms with van der Waals surface area (Å²) in [6.07, 6.45) is 4.30. The molecule has 0 aromatic heterocycles. The summed E-state index contributed by atoms with van der Waals surface area (Å²) in [5.74, 6) is -0.00513. The van der Waals surface area contributed by atoms with Gasteiger partial charge >= 0.3 is 0 Å². The molecule has 2 aromatic carbocycles. The topological polar surface area (TPSA) is 77.1 Å². The number of nitrogens with one attached hydrogen (secondary N) is 1. The van der Waals surface area contributed by atoms with Crippen LogP contribution in [-0.2, 0) is 20.7 Å². The number of carbonyl (C=O) groups excluding carboxylic acids is 2. The molecule has 1 N–H and O–H groups in total. The number of benzene rings is 2. The number of hydrogen-bond acceptors (Lipinski definition) is 5. The maximum absolute atomic E-state index is 13.3.